The number of pyridine rings is 3. The number of methoxy groups -OCH3 is 1. The number of nitrogens with zero attached hydrogens (tertiary/aromatic N) is 3. The van der Waals surface area contributed by atoms with E-state index in [2.05, 4.69) is 26.3 Å². The summed E-state index contributed by atoms with van der Waals surface area (Å²) >= 11 is 0. The van der Waals surface area contributed by atoms with Crippen LogP contribution in [0.15, 0.2) is 119 Å². The number of fused-ring (bicyclic) bond motifs is 3. The summed E-state index contributed by atoms with van der Waals surface area (Å²) in [5, 5.41) is 24.5. The van der Waals surface area contributed by atoms with Crippen LogP contribution in [0.2, 0.25) is 0 Å². The van der Waals surface area contributed by atoms with Crippen molar-refractivity contribution in [2.45, 2.75) is 31.8 Å². The number of aryl methyl sites for hydroxylation is 2. The normalized spacial score (nSPS) is 12.4. The standard InChI is InChI=1S/C50H47F2N9O5/c1-66-49-45(58-22-20-55-35-13-7-11-29-10-5-6-12-32(29)35)42(52)44(54)40-46(49)61(31-15-16-31)27-33(47(40)62)30-14-17-38(59-25-30)57-21-19-56-36-24-37-39(43(53)41(36)51)48(63)34(50(64)65)26-60(37)23-18-28-8-3-2-4-9-28/h2-14,17,24-27,31,55-56,58H,15-16,18-23,53-54H2,1H3,(H,57,59)(H,64,65). The average molecular weight is 892 g/mol. The smallest absolute Gasteiger partial charge is 0.341 e. The Hall–Kier alpha value is -8.14. The van der Waals surface area contributed by atoms with Crippen molar-refractivity contribution in [2.24, 2.45) is 0 Å². The average Bonchev–Trinajstić information content (AvgIpc) is 4.18. The molecule has 0 radical (unpaired) electrons. The minimum atomic E-state index is -1.43. The fourth-order valence-corrected chi connectivity index (χ4v) is 8.50. The number of carboxylic acid groups (broad SMARTS) is 1. The molecule has 66 heavy (non-hydrogen) atoms. The molecule has 3 aromatic heterocycles. The molecule has 0 aliphatic heterocycles. The molecule has 0 spiro atoms. The molecule has 9 rings (SSSR count). The number of anilines is 6. The van der Waals surface area contributed by atoms with E-state index < -0.39 is 39.7 Å². The van der Waals surface area contributed by atoms with Crippen LogP contribution in [0.25, 0.3) is 43.7 Å². The second-order valence-corrected chi connectivity index (χ2v) is 16.2. The number of benzene rings is 5. The van der Waals surface area contributed by atoms with Crippen molar-refractivity contribution in [3.8, 4) is 16.9 Å². The van der Waals surface area contributed by atoms with E-state index in [1.165, 1.54) is 19.4 Å². The number of nitrogen functional groups attached to an aromatic ring is 2. The molecule has 0 unspecified atom stereocenters. The van der Waals surface area contributed by atoms with Crippen molar-refractivity contribution in [2.75, 3.05) is 66.0 Å². The summed E-state index contributed by atoms with van der Waals surface area (Å²) in [6, 6.07) is 28.6. The summed E-state index contributed by atoms with van der Waals surface area (Å²) in [7, 11) is 1.45. The van der Waals surface area contributed by atoms with Crippen LogP contribution in [0.1, 0.15) is 34.8 Å². The molecule has 0 atom stereocenters. The lowest BCUT2D eigenvalue weighted by Gasteiger charge is -2.21. The first kappa shape index (κ1) is 43.1. The lowest BCUT2D eigenvalue weighted by molar-refractivity contribution is 0.0694. The van der Waals surface area contributed by atoms with E-state index in [0.717, 1.165) is 34.9 Å². The molecule has 3 heterocycles. The van der Waals surface area contributed by atoms with Crippen molar-refractivity contribution >= 4 is 72.8 Å². The molecular weight excluding hydrogens is 845 g/mol. The molecule has 5 aromatic carbocycles. The van der Waals surface area contributed by atoms with E-state index in [1.54, 1.807) is 29.1 Å². The summed E-state index contributed by atoms with van der Waals surface area (Å²) in [4.78, 5) is 43.9. The number of ether oxygens (including phenoxy) is 1. The predicted molar refractivity (Wildman–Crippen MR) is 258 cm³/mol. The number of halogens is 2. The molecule has 1 aliphatic carbocycles. The SMILES string of the molecule is COc1c(NCCNc2cccc3ccccc23)c(F)c(N)c2c(=O)c(-c3ccc(NCCNc4cc5c(c(N)c4F)c(=O)c(C(=O)O)cn5CCc4ccccc4)nc3)cn(C3CC3)c12. The van der Waals surface area contributed by atoms with Gasteiger partial charge in [0.25, 0.3) is 0 Å². The van der Waals surface area contributed by atoms with Gasteiger partial charge in [0.05, 0.1) is 46.0 Å². The number of aromatic nitrogens is 3. The van der Waals surface area contributed by atoms with Crippen molar-refractivity contribution in [3.63, 3.8) is 0 Å². The van der Waals surface area contributed by atoms with E-state index in [-0.39, 0.29) is 52.7 Å². The first-order valence-corrected chi connectivity index (χ1v) is 21.6. The highest BCUT2D eigenvalue weighted by atomic mass is 19.1. The van der Waals surface area contributed by atoms with Gasteiger partial charge in [-0.15, -0.1) is 0 Å². The first-order valence-electron chi connectivity index (χ1n) is 21.6. The maximum atomic E-state index is 16.3. The van der Waals surface area contributed by atoms with Gasteiger partial charge in [0.15, 0.2) is 22.8 Å². The fraction of sp³-hybridized carbons (Fsp3) is 0.200. The van der Waals surface area contributed by atoms with E-state index in [0.29, 0.717) is 54.0 Å². The lowest BCUT2D eigenvalue weighted by atomic mass is 10.0. The van der Waals surface area contributed by atoms with Gasteiger partial charge in [0, 0.05) is 79.6 Å². The van der Waals surface area contributed by atoms with Gasteiger partial charge in [-0.05, 0) is 54.5 Å². The Labute approximate surface area is 376 Å². The number of hydrogen-bond acceptors (Lipinski definition) is 11. The number of carbonyl (C=O) groups is 1. The van der Waals surface area contributed by atoms with Gasteiger partial charge in [-0.25, -0.2) is 18.6 Å². The highest BCUT2D eigenvalue weighted by Gasteiger charge is 2.31. The van der Waals surface area contributed by atoms with Crippen LogP contribution in [0.3, 0.4) is 0 Å². The number of aromatic carboxylic acids is 1. The van der Waals surface area contributed by atoms with Crippen molar-refractivity contribution < 1.29 is 23.4 Å². The molecule has 16 heteroatoms. The zero-order valence-corrected chi connectivity index (χ0v) is 36.0. The van der Waals surface area contributed by atoms with Gasteiger partial charge < -0.3 is 51.7 Å². The van der Waals surface area contributed by atoms with Crippen molar-refractivity contribution in [1.29, 1.82) is 0 Å². The Morgan fingerprint density at radius 2 is 1.50 bits per heavy atom. The Balaban J connectivity index is 0.913. The van der Waals surface area contributed by atoms with Crippen LogP contribution in [0, 0.1) is 11.6 Å². The Morgan fingerprint density at radius 1 is 0.803 bits per heavy atom. The van der Waals surface area contributed by atoms with Crippen LogP contribution in [0.5, 0.6) is 5.75 Å². The van der Waals surface area contributed by atoms with Crippen LogP contribution in [-0.2, 0) is 13.0 Å². The van der Waals surface area contributed by atoms with Crippen molar-refractivity contribution in [3.05, 3.63) is 153 Å². The summed E-state index contributed by atoms with van der Waals surface area (Å²) in [5.74, 6) is -2.42. The first-order chi connectivity index (χ1) is 32.0. The van der Waals surface area contributed by atoms with E-state index in [4.69, 9.17) is 16.2 Å². The Morgan fingerprint density at radius 3 is 2.23 bits per heavy atom. The maximum absolute atomic E-state index is 16.3. The maximum Gasteiger partial charge on any atom is 0.341 e. The molecule has 1 aliphatic rings. The topological polar surface area (TPSA) is 204 Å². The van der Waals surface area contributed by atoms with Gasteiger partial charge in [-0.2, -0.15) is 0 Å². The molecule has 0 saturated heterocycles. The monoisotopic (exact) mass is 891 g/mol. The van der Waals surface area contributed by atoms with Crippen LogP contribution in [0.4, 0.5) is 43.0 Å². The van der Waals surface area contributed by atoms with Gasteiger partial charge in [0.1, 0.15) is 17.1 Å². The summed E-state index contributed by atoms with van der Waals surface area (Å²) < 4.78 is 41.3. The lowest BCUT2D eigenvalue weighted by Crippen LogP contribution is -2.22. The second kappa shape index (κ2) is 18.2. The van der Waals surface area contributed by atoms with Crippen LogP contribution in [-0.4, -0.2) is 58.5 Å². The Bertz CT molecular complexity index is 3280. The molecule has 0 amide bonds. The summed E-state index contributed by atoms with van der Waals surface area (Å²) in [6.07, 6.45) is 6.81. The third kappa shape index (κ3) is 8.24. The largest absolute Gasteiger partial charge is 0.492 e. The Kier molecular flexibility index (Phi) is 11.9. The van der Waals surface area contributed by atoms with Crippen molar-refractivity contribution in [1.82, 2.24) is 14.1 Å². The molecule has 336 valence electrons. The number of nitrogens with two attached hydrogens (primary N) is 2. The third-order valence-electron chi connectivity index (χ3n) is 12.0. The number of rotatable bonds is 17. The number of carboxylic acids is 1. The molecule has 1 fully saturated rings. The number of nitrogens with one attached hydrogen (secondary N) is 4. The van der Waals surface area contributed by atoms with Crippen LogP contribution < -0.4 is 48.3 Å². The highest BCUT2D eigenvalue weighted by Crippen LogP contribution is 2.45. The molecule has 9 N–H and O–H groups in total. The fourth-order valence-electron chi connectivity index (χ4n) is 8.50. The quantitative estimate of drug-likeness (QED) is 0.0341. The predicted octanol–water partition coefficient (Wildman–Crippen LogP) is 8.31. The minimum absolute atomic E-state index is 0.0264. The molecular formula is C50H47F2N9O5. The van der Waals surface area contributed by atoms with Gasteiger partial charge in [0.2, 0.25) is 5.43 Å². The molecule has 1 saturated carbocycles. The third-order valence-corrected chi connectivity index (χ3v) is 12.0. The second-order valence-electron chi connectivity index (χ2n) is 16.2. The van der Waals surface area contributed by atoms with Gasteiger partial charge in [-0.1, -0.05) is 66.7 Å². The zero-order valence-electron chi connectivity index (χ0n) is 36.0. The van der Waals surface area contributed by atoms with Gasteiger partial charge >= 0.3 is 5.97 Å². The minimum Gasteiger partial charge on any atom is -0.492 e. The highest BCUT2D eigenvalue weighted by molar-refractivity contribution is 6.02. The molecule has 0 bridgehead atoms. The zero-order chi connectivity index (χ0) is 46.1. The molecule has 14 nitrogen and oxygen atoms in total. The van der Waals surface area contributed by atoms with E-state index in [9.17, 15) is 19.5 Å². The van der Waals surface area contributed by atoms with E-state index in [1.807, 2.05) is 77.4 Å². The molecule has 8 aromatic rings. The number of hydrogen-bond donors (Lipinski definition) is 7. The van der Waals surface area contributed by atoms with Gasteiger partial charge in [-0.3, -0.25) is 9.59 Å². The van der Waals surface area contributed by atoms with E-state index >= 15 is 8.78 Å². The summed E-state index contributed by atoms with van der Waals surface area (Å²) in [5.41, 5.74) is 13.7. The van der Waals surface area contributed by atoms with Crippen LogP contribution >= 0.6 is 0 Å². The summed E-state index contributed by atoms with van der Waals surface area (Å²) in [6.45, 7) is 1.59.